The highest BCUT2D eigenvalue weighted by molar-refractivity contribution is 6.19. The highest BCUT2D eigenvalue weighted by atomic mass is 35.5. The second kappa shape index (κ2) is 18.6. The lowest BCUT2D eigenvalue weighted by Gasteiger charge is -2.26. The van der Waals surface area contributed by atoms with Gasteiger partial charge in [-0.3, -0.25) is 9.59 Å². The molecule has 13 heteroatoms. The van der Waals surface area contributed by atoms with E-state index in [0.717, 1.165) is 38.5 Å². The SMILES string of the molecule is CN(CCN(C)C(=O)OC(C)(C)C)C(=O)Oc1cc2c(c3ccccc13)[C@H](CCl)CN2C(=O)CCCC(=O)N1C[C@@H](CCl)c2c1cc(OCc1ccccc1)c1ccccc21. The summed E-state index contributed by atoms with van der Waals surface area (Å²) >= 11 is 13.1. The second-order valence-corrected chi connectivity index (χ2v) is 17.4. The molecule has 0 saturated carbocycles. The lowest BCUT2D eigenvalue weighted by atomic mass is 9.95. The number of likely N-dealkylation sites (N-methyl/N-ethyl adjacent to an activating group) is 2. The maximum atomic E-state index is 14.1. The molecule has 2 heterocycles. The van der Waals surface area contributed by atoms with E-state index in [1.807, 2.05) is 78.9 Å². The smallest absolute Gasteiger partial charge is 0.415 e. The number of carbonyl (C=O) groups excluding carboxylic acids is 4. The van der Waals surface area contributed by atoms with Crippen molar-refractivity contribution in [2.45, 2.75) is 64.1 Å². The van der Waals surface area contributed by atoms with E-state index in [1.165, 1.54) is 9.80 Å². The first kappa shape index (κ1) is 43.6. The summed E-state index contributed by atoms with van der Waals surface area (Å²) in [6, 6.07) is 29.3. The number of benzene rings is 5. The van der Waals surface area contributed by atoms with Crippen molar-refractivity contribution in [2.75, 3.05) is 61.8 Å². The molecule has 0 spiro atoms. The van der Waals surface area contributed by atoms with Gasteiger partial charge in [0.1, 0.15) is 23.7 Å². The van der Waals surface area contributed by atoms with E-state index in [-0.39, 0.29) is 55.5 Å². The number of alkyl halides is 2. The number of rotatable bonds is 13. The Morgan fingerprint density at radius 1 is 0.656 bits per heavy atom. The summed E-state index contributed by atoms with van der Waals surface area (Å²) in [6.07, 6.45) is -0.499. The molecule has 2 aliphatic rings. The largest absolute Gasteiger partial charge is 0.488 e. The van der Waals surface area contributed by atoms with Crippen molar-refractivity contribution in [1.29, 1.82) is 0 Å². The van der Waals surface area contributed by atoms with Gasteiger partial charge in [-0.05, 0) is 54.7 Å². The monoisotopic (exact) mass is 866 g/mol. The summed E-state index contributed by atoms with van der Waals surface area (Å²) in [6.45, 7) is 6.99. The van der Waals surface area contributed by atoms with Crippen LogP contribution in [0.3, 0.4) is 0 Å². The van der Waals surface area contributed by atoms with Crippen LogP contribution in [0, 0.1) is 0 Å². The van der Waals surface area contributed by atoms with Crippen molar-refractivity contribution in [3.63, 3.8) is 0 Å². The highest BCUT2D eigenvalue weighted by Crippen LogP contribution is 2.47. The zero-order valence-electron chi connectivity index (χ0n) is 35.3. The van der Waals surface area contributed by atoms with Gasteiger partial charge in [-0.15, -0.1) is 23.2 Å². The van der Waals surface area contributed by atoms with Gasteiger partial charge in [0.25, 0.3) is 0 Å². The Morgan fingerprint density at radius 2 is 1.11 bits per heavy atom. The molecule has 4 amide bonds. The van der Waals surface area contributed by atoms with Gasteiger partial charge in [0, 0.05) is 99.6 Å². The molecule has 0 unspecified atom stereocenters. The molecule has 0 saturated heterocycles. The van der Waals surface area contributed by atoms with Gasteiger partial charge >= 0.3 is 12.2 Å². The fraction of sp³-hybridized carbons (Fsp3) is 0.375. The summed E-state index contributed by atoms with van der Waals surface area (Å²) in [7, 11) is 3.21. The van der Waals surface area contributed by atoms with Crippen molar-refractivity contribution in [1.82, 2.24) is 9.80 Å². The summed E-state index contributed by atoms with van der Waals surface area (Å²) in [4.78, 5) is 60.3. The Labute approximate surface area is 367 Å². The number of hydrogen-bond acceptors (Lipinski definition) is 7. The maximum absolute atomic E-state index is 14.1. The van der Waals surface area contributed by atoms with Crippen molar-refractivity contribution in [3.05, 3.63) is 108 Å². The van der Waals surface area contributed by atoms with Crippen LogP contribution in [0.15, 0.2) is 91.0 Å². The average Bonchev–Trinajstić information content (AvgIpc) is 3.83. The minimum atomic E-state index is -0.644. The maximum Gasteiger partial charge on any atom is 0.415 e. The van der Waals surface area contributed by atoms with Gasteiger partial charge < -0.3 is 33.8 Å². The predicted octanol–water partition coefficient (Wildman–Crippen LogP) is 10.1. The fourth-order valence-electron chi connectivity index (χ4n) is 8.14. The van der Waals surface area contributed by atoms with Crippen molar-refractivity contribution >= 4 is 80.1 Å². The van der Waals surface area contributed by atoms with Crippen LogP contribution in [0.4, 0.5) is 21.0 Å². The molecule has 0 bridgehead atoms. The molecule has 320 valence electrons. The zero-order valence-corrected chi connectivity index (χ0v) is 36.8. The molecule has 11 nitrogen and oxygen atoms in total. The normalized spacial score (nSPS) is 15.7. The van der Waals surface area contributed by atoms with Gasteiger partial charge in [0.2, 0.25) is 11.8 Å². The number of halogens is 2. The van der Waals surface area contributed by atoms with Crippen LogP contribution in [-0.2, 0) is 20.9 Å². The van der Waals surface area contributed by atoms with E-state index < -0.39 is 17.8 Å². The number of ether oxygens (including phenoxy) is 3. The highest BCUT2D eigenvalue weighted by Gasteiger charge is 2.37. The number of nitrogens with zero attached hydrogens (tertiary/aromatic N) is 4. The first-order valence-corrected chi connectivity index (χ1v) is 21.7. The van der Waals surface area contributed by atoms with Gasteiger partial charge in [0.15, 0.2) is 0 Å². The molecule has 0 N–H and O–H groups in total. The van der Waals surface area contributed by atoms with E-state index >= 15 is 0 Å². The van der Waals surface area contributed by atoms with Crippen molar-refractivity contribution < 1.29 is 33.4 Å². The summed E-state index contributed by atoms with van der Waals surface area (Å²) in [5.74, 6) is 1.19. The standard InChI is InChI=1S/C48H52Cl2N4O7/c1-48(2,3)61-47(58)52(5)23-22-51(4)46(57)60-41-25-39-45(37-19-12-10-17-35(37)41)33(27-50)29-54(39)43(56)21-13-20-42(55)53-28-32(26-49)44-36-18-11-9-16-34(36)40(24-38(44)53)59-30-31-14-7-6-8-15-31/h6-12,14-19,24-25,32-33H,13,20-23,26-30H2,1-5H3/t32-,33-/m1/s1. The lowest BCUT2D eigenvalue weighted by molar-refractivity contribution is -0.119. The van der Waals surface area contributed by atoms with E-state index in [0.29, 0.717) is 54.6 Å². The van der Waals surface area contributed by atoms with Crippen LogP contribution in [0.25, 0.3) is 21.5 Å². The molecule has 7 rings (SSSR count). The molecule has 0 fully saturated rings. The Bertz CT molecular complexity index is 2440. The predicted molar refractivity (Wildman–Crippen MR) is 242 cm³/mol. The number of carbonyl (C=O) groups is 4. The van der Waals surface area contributed by atoms with Gasteiger partial charge in [-0.2, -0.15) is 0 Å². The Balaban J connectivity index is 1.05. The van der Waals surface area contributed by atoms with Gasteiger partial charge in [-0.1, -0.05) is 78.9 Å². The Morgan fingerprint density at radius 3 is 1.62 bits per heavy atom. The summed E-state index contributed by atoms with van der Waals surface area (Å²) in [5.41, 5.74) is 3.76. The van der Waals surface area contributed by atoms with E-state index in [9.17, 15) is 19.2 Å². The molecular weight excluding hydrogens is 815 g/mol. The fourth-order valence-corrected chi connectivity index (χ4v) is 8.65. The molecule has 0 radical (unpaired) electrons. The minimum absolute atomic E-state index is 0.0552. The molecule has 61 heavy (non-hydrogen) atoms. The van der Waals surface area contributed by atoms with Crippen molar-refractivity contribution in [3.8, 4) is 11.5 Å². The minimum Gasteiger partial charge on any atom is -0.488 e. The van der Waals surface area contributed by atoms with Gasteiger partial charge in [-0.25, -0.2) is 9.59 Å². The number of fused-ring (bicyclic) bond motifs is 6. The quantitative estimate of drug-likeness (QED) is 0.108. The first-order chi connectivity index (χ1) is 29.3. The number of hydrogen-bond donors (Lipinski definition) is 0. The van der Waals surface area contributed by atoms with Crippen LogP contribution in [0.5, 0.6) is 11.5 Å². The third kappa shape index (κ3) is 9.53. The number of anilines is 2. The van der Waals surface area contributed by atoms with Crippen LogP contribution >= 0.6 is 23.2 Å². The first-order valence-electron chi connectivity index (χ1n) is 20.7. The van der Waals surface area contributed by atoms with E-state index in [4.69, 9.17) is 37.4 Å². The Hall–Kier alpha value is -5.52. The van der Waals surface area contributed by atoms with Crippen molar-refractivity contribution in [2.24, 2.45) is 0 Å². The molecule has 2 aliphatic heterocycles. The summed E-state index contributed by atoms with van der Waals surface area (Å²) < 4.78 is 17.8. The molecule has 5 aromatic carbocycles. The molecule has 5 aromatic rings. The molecule has 2 atom stereocenters. The third-order valence-corrected chi connectivity index (χ3v) is 12.0. The van der Waals surface area contributed by atoms with Crippen LogP contribution in [0.1, 0.15) is 68.6 Å². The van der Waals surface area contributed by atoms with Gasteiger partial charge in [0.05, 0.1) is 11.4 Å². The second-order valence-electron chi connectivity index (χ2n) is 16.7. The molecular formula is C48H52Cl2N4O7. The zero-order chi connectivity index (χ0) is 43.4. The summed E-state index contributed by atoms with van der Waals surface area (Å²) in [5, 5.41) is 3.53. The van der Waals surface area contributed by atoms with Crippen LogP contribution in [-0.4, -0.2) is 91.4 Å². The molecule has 0 aliphatic carbocycles. The van der Waals surface area contributed by atoms with Crippen LogP contribution in [0.2, 0.25) is 0 Å². The third-order valence-electron chi connectivity index (χ3n) is 11.2. The molecule has 0 aromatic heterocycles. The average molecular weight is 868 g/mol. The number of amides is 4. The van der Waals surface area contributed by atoms with E-state index in [1.54, 1.807) is 50.7 Å². The van der Waals surface area contributed by atoms with Crippen LogP contribution < -0.4 is 19.3 Å². The van der Waals surface area contributed by atoms with E-state index in [2.05, 4.69) is 6.07 Å². The Kier molecular flexibility index (Phi) is 13.3. The lowest BCUT2D eigenvalue weighted by Crippen LogP contribution is -2.40. The topological polar surface area (TPSA) is 109 Å².